The summed E-state index contributed by atoms with van der Waals surface area (Å²) >= 11 is 3.46. The molecule has 0 aliphatic rings. The standard InChI is InChI=1S/C15H24BrNO3S/c1-4-21(18,19)9-5-8-20-15-7-6-14(16)10-13(15)11-17-12(2)3/h6-7,10,12,17H,4-5,8-9,11H2,1-3H3. The minimum Gasteiger partial charge on any atom is -0.493 e. The highest BCUT2D eigenvalue weighted by Gasteiger charge is 2.09. The predicted molar refractivity (Wildman–Crippen MR) is 90.6 cm³/mol. The van der Waals surface area contributed by atoms with Gasteiger partial charge in [-0.2, -0.15) is 0 Å². The van der Waals surface area contributed by atoms with Gasteiger partial charge in [-0.3, -0.25) is 0 Å². The molecular formula is C15H24BrNO3S. The second-order valence-corrected chi connectivity index (χ2v) is 8.61. The Kier molecular flexibility index (Phi) is 7.70. The zero-order valence-corrected chi connectivity index (χ0v) is 15.3. The van der Waals surface area contributed by atoms with Gasteiger partial charge in [-0.15, -0.1) is 0 Å². The van der Waals surface area contributed by atoms with Gasteiger partial charge < -0.3 is 10.1 Å². The number of hydrogen-bond acceptors (Lipinski definition) is 4. The van der Waals surface area contributed by atoms with Crippen LogP contribution in [0.25, 0.3) is 0 Å². The molecule has 1 aromatic carbocycles. The van der Waals surface area contributed by atoms with Crippen LogP contribution in [0, 0.1) is 0 Å². The van der Waals surface area contributed by atoms with Crippen LogP contribution in [0.5, 0.6) is 5.75 Å². The van der Waals surface area contributed by atoms with E-state index in [4.69, 9.17) is 4.74 Å². The van der Waals surface area contributed by atoms with E-state index < -0.39 is 9.84 Å². The zero-order chi connectivity index (χ0) is 15.9. The summed E-state index contributed by atoms with van der Waals surface area (Å²) in [4.78, 5) is 0. The molecule has 4 nitrogen and oxygen atoms in total. The van der Waals surface area contributed by atoms with Gasteiger partial charge in [0.05, 0.1) is 12.4 Å². The summed E-state index contributed by atoms with van der Waals surface area (Å²) in [5.74, 6) is 1.18. The van der Waals surface area contributed by atoms with Gasteiger partial charge in [0.1, 0.15) is 15.6 Å². The highest BCUT2D eigenvalue weighted by Crippen LogP contribution is 2.23. The Morgan fingerprint density at radius 1 is 1.33 bits per heavy atom. The maximum atomic E-state index is 11.4. The average molecular weight is 378 g/mol. The molecule has 0 aliphatic heterocycles. The summed E-state index contributed by atoms with van der Waals surface area (Å²) < 4.78 is 29.6. The van der Waals surface area contributed by atoms with Gasteiger partial charge in [0, 0.05) is 28.4 Å². The maximum absolute atomic E-state index is 11.4. The summed E-state index contributed by atoms with van der Waals surface area (Å²) in [7, 11) is -2.91. The molecule has 0 bridgehead atoms. The molecule has 0 saturated carbocycles. The Labute approximate surface area is 136 Å². The number of nitrogens with one attached hydrogen (secondary N) is 1. The third-order valence-electron chi connectivity index (χ3n) is 3.02. The molecule has 0 amide bonds. The first kappa shape index (κ1) is 18.5. The smallest absolute Gasteiger partial charge is 0.150 e. The molecule has 0 heterocycles. The van der Waals surface area contributed by atoms with Crippen molar-refractivity contribution in [1.82, 2.24) is 5.32 Å². The molecule has 0 aromatic heterocycles. The van der Waals surface area contributed by atoms with E-state index in [1.54, 1.807) is 6.92 Å². The summed E-state index contributed by atoms with van der Waals surface area (Å²) in [6.45, 7) is 6.98. The molecule has 0 spiro atoms. The van der Waals surface area contributed by atoms with Crippen molar-refractivity contribution in [3.63, 3.8) is 0 Å². The highest BCUT2D eigenvalue weighted by molar-refractivity contribution is 9.10. The van der Waals surface area contributed by atoms with Gasteiger partial charge in [-0.1, -0.05) is 36.7 Å². The lowest BCUT2D eigenvalue weighted by molar-refractivity contribution is 0.313. The lowest BCUT2D eigenvalue weighted by Gasteiger charge is -2.14. The highest BCUT2D eigenvalue weighted by atomic mass is 79.9. The number of halogens is 1. The van der Waals surface area contributed by atoms with E-state index in [9.17, 15) is 8.42 Å². The zero-order valence-electron chi connectivity index (χ0n) is 12.9. The van der Waals surface area contributed by atoms with Crippen molar-refractivity contribution in [2.24, 2.45) is 0 Å². The van der Waals surface area contributed by atoms with Crippen LogP contribution < -0.4 is 10.1 Å². The first-order valence-electron chi connectivity index (χ1n) is 7.19. The van der Waals surface area contributed by atoms with Crippen LogP contribution in [0.15, 0.2) is 22.7 Å². The molecule has 0 radical (unpaired) electrons. The van der Waals surface area contributed by atoms with Crippen molar-refractivity contribution in [2.45, 2.75) is 39.8 Å². The Hall–Kier alpha value is -0.590. The molecule has 0 fully saturated rings. The van der Waals surface area contributed by atoms with Gasteiger partial charge in [0.25, 0.3) is 0 Å². The first-order chi connectivity index (χ1) is 9.84. The topological polar surface area (TPSA) is 55.4 Å². The molecule has 21 heavy (non-hydrogen) atoms. The summed E-state index contributed by atoms with van der Waals surface area (Å²) in [6, 6.07) is 6.26. The molecule has 0 atom stereocenters. The van der Waals surface area contributed by atoms with Crippen LogP contribution >= 0.6 is 15.9 Å². The quantitative estimate of drug-likeness (QED) is 0.671. The van der Waals surface area contributed by atoms with Gasteiger partial charge >= 0.3 is 0 Å². The molecule has 0 saturated heterocycles. The number of sulfone groups is 1. The molecular weight excluding hydrogens is 354 g/mol. The monoisotopic (exact) mass is 377 g/mol. The van der Waals surface area contributed by atoms with Crippen LogP contribution in [0.4, 0.5) is 0 Å². The van der Waals surface area contributed by atoms with Crippen molar-refractivity contribution in [3.05, 3.63) is 28.2 Å². The fraction of sp³-hybridized carbons (Fsp3) is 0.600. The molecule has 0 unspecified atom stereocenters. The van der Waals surface area contributed by atoms with Crippen molar-refractivity contribution >= 4 is 25.8 Å². The van der Waals surface area contributed by atoms with E-state index in [2.05, 4.69) is 35.1 Å². The SMILES string of the molecule is CCS(=O)(=O)CCCOc1ccc(Br)cc1CNC(C)C. The fourth-order valence-corrected chi connectivity index (χ4v) is 3.00. The summed E-state index contributed by atoms with van der Waals surface area (Å²) in [6.07, 6.45) is 0.517. The number of rotatable bonds is 9. The van der Waals surface area contributed by atoms with Crippen LogP contribution in [-0.2, 0) is 16.4 Å². The average Bonchev–Trinajstić information content (AvgIpc) is 2.43. The molecule has 120 valence electrons. The van der Waals surface area contributed by atoms with Crippen molar-refractivity contribution < 1.29 is 13.2 Å². The molecule has 1 rings (SSSR count). The largest absolute Gasteiger partial charge is 0.493 e. The van der Waals surface area contributed by atoms with E-state index in [-0.39, 0.29) is 11.5 Å². The summed E-state index contributed by atoms with van der Waals surface area (Å²) in [5, 5.41) is 3.36. The van der Waals surface area contributed by atoms with Crippen molar-refractivity contribution in [3.8, 4) is 5.75 Å². The Bertz CT molecular complexity index is 544. The first-order valence-corrected chi connectivity index (χ1v) is 9.80. The van der Waals surface area contributed by atoms with Gasteiger partial charge in [0.15, 0.2) is 0 Å². The second-order valence-electron chi connectivity index (χ2n) is 5.23. The van der Waals surface area contributed by atoms with Crippen molar-refractivity contribution in [2.75, 3.05) is 18.1 Å². The van der Waals surface area contributed by atoms with Gasteiger partial charge in [-0.05, 0) is 24.6 Å². The minimum absolute atomic E-state index is 0.180. The second kappa shape index (κ2) is 8.76. The van der Waals surface area contributed by atoms with Crippen LogP contribution in [0.2, 0.25) is 0 Å². The van der Waals surface area contributed by atoms with Gasteiger partial charge in [-0.25, -0.2) is 8.42 Å². The number of hydrogen-bond donors (Lipinski definition) is 1. The van der Waals surface area contributed by atoms with Crippen LogP contribution in [0.3, 0.4) is 0 Å². The fourth-order valence-electron chi connectivity index (χ4n) is 1.75. The van der Waals surface area contributed by atoms with Gasteiger partial charge in [0.2, 0.25) is 0 Å². The Morgan fingerprint density at radius 2 is 2.05 bits per heavy atom. The normalized spacial score (nSPS) is 11.9. The van der Waals surface area contributed by atoms with Crippen LogP contribution in [-0.4, -0.2) is 32.6 Å². The molecule has 1 aromatic rings. The molecule has 0 aliphatic carbocycles. The lowest BCUT2D eigenvalue weighted by atomic mass is 10.2. The number of ether oxygens (including phenoxy) is 1. The lowest BCUT2D eigenvalue weighted by Crippen LogP contribution is -2.22. The van der Waals surface area contributed by atoms with E-state index in [1.165, 1.54) is 0 Å². The number of benzene rings is 1. The summed E-state index contributed by atoms with van der Waals surface area (Å²) in [5.41, 5.74) is 1.07. The minimum atomic E-state index is -2.91. The van der Waals surface area contributed by atoms with E-state index in [1.807, 2.05) is 18.2 Å². The third kappa shape index (κ3) is 7.29. The third-order valence-corrected chi connectivity index (χ3v) is 5.30. The van der Waals surface area contributed by atoms with E-state index >= 15 is 0 Å². The Balaban J connectivity index is 2.57. The van der Waals surface area contributed by atoms with Crippen molar-refractivity contribution in [1.29, 1.82) is 0 Å². The van der Waals surface area contributed by atoms with Crippen LogP contribution in [0.1, 0.15) is 32.8 Å². The van der Waals surface area contributed by atoms with E-state index in [0.717, 1.165) is 22.3 Å². The molecule has 1 N–H and O–H groups in total. The Morgan fingerprint density at radius 3 is 2.67 bits per heavy atom. The van der Waals surface area contributed by atoms with E-state index in [0.29, 0.717) is 19.1 Å². The predicted octanol–water partition coefficient (Wildman–Crippen LogP) is 3.15. The maximum Gasteiger partial charge on any atom is 0.150 e. The molecule has 6 heteroatoms.